The van der Waals surface area contributed by atoms with Gasteiger partial charge in [0.05, 0.1) is 11.7 Å². The highest BCUT2D eigenvalue weighted by Gasteiger charge is 2.31. The molecule has 2 nitrogen and oxygen atoms in total. The van der Waals surface area contributed by atoms with E-state index in [2.05, 4.69) is 0 Å². The Balaban J connectivity index is 2.13. The summed E-state index contributed by atoms with van der Waals surface area (Å²) in [6, 6.07) is 5.51. The third-order valence-electron chi connectivity index (χ3n) is 3.50. The van der Waals surface area contributed by atoms with Crippen molar-refractivity contribution < 1.29 is 23.0 Å². The molecule has 0 spiro atoms. The lowest BCUT2D eigenvalue weighted by molar-refractivity contribution is -0.137. The predicted octanol–water partition coefficient (Wildman–Crippen LogP) is 3.35. The van der Waals surface area contributed by atoms with Gasteiger partial charge in [0.25, 0.3) is 0 Å². The van der Waals surface area contributed by atoms with Crippen LogP contribution in [0.3, 0.4) is 0 Å². The molecule has 19 heavy (non-hydrogen) atoms. The molecule has 1 fully saturated rings. The van der Waals surface area contributed by atoms with Gasteiger partial charge >= 0.3 is 6.18 Å². The molecule has 0 saturated carbocycles. The summed E-state index contributed by atoms with van der Waals surface area (Å²) in [6.45, 7) is 0.575. The fraction of sp³-hybridized carbons (Fsp3) is 0.571. The van der Waals surface area contributed by atoms with E-state index in [0.29, 0.717) is 25.0 Å². The number of hydrogen-bond donors (Lipinski definition) is 1. The van der Waals surface area contributed by atoms with Gasteiger partial charge < -0.3 is 9.84 Å². The van der Waals surface area contributed by atoms with Crippen LogP contribution in [0, 0.1) is 0 Å². The number of hydrogen-bond acceptors (Lipinski definition) is 2. The summed E-state index contributed by atoms with van der Waals surface area (Å²) in [6.07, 6.45) is -2.43. The molecule has 1 aromatic rings. The zero-order valence-corrected chi connectivity index (χ0v) is 10.5. The summed E-state index contributed by atoms with van der Waals surface area (Å²) >= 11 is 0. The molecule has 5 heteroatoms. The second-order valence-corrected chi connectivity index (χ2v) is 4.85. The van der Waals surface area contributed by atoms with Crippen molar-refractivity contribution in [3.05, 3.63) is 35.4 Å². The van der Waals surface area contributed by atoms with E-state index in [-0.39, 0.29) is 18.6 Å². The van der Waals surface area contributed by atoms with Crippen molar-refractivity contribution in [2.75, 3.05) is 13.2 Å². The molecular formula is C14H17F3O2. The second kappa shape index (κ2) is 5.92. The molecule has 0 aromatic heterocycles. The molecule has 2 atom stereocenters. The molecular weight excluding hydrogens is 257 g/mol. The minimum Gasteiger partial charge on any atom is -0.396 e. The van der Waals surface area contributed by atoms with E-state index < -0.39 is 11.7 Å². The Hall–Kier alpha value is -1.07. The molecule has 2 unspecified atom stereocenters. The Morgan fingerprint density at radius 3 is 2.79 bits per heavy atom. The highest BCUT2D eigenvalue weighted by molar-refractivity contribution is 5.28. The van der Waals surface area contributed by atoms with Crippen LogP contribution in [0.15, 0.2) is 24.3 Å². The summed E-state index contributed by atoms with van der Waals surface area (Å²) in [4.78, 5) is 0. The molecule has 1 aliphatic heterocycles. The standard InChI is InChI=1S/C14H17F3O2/c15-14(16,17)12-3-1-2-10(8-12)11-5-7-19-13(9-11)4-6-18/h1-3,8,11,13,18H,4-7,9H2. The van der Waals surface area contributed by atoms with Crippen LogP contribution in [-0.4, -0.2) is 24.4 Å². The molecule has 1 N–H and O–H groups in total. The maximum absolute atomic E-state index is 12.7. The number of benzene rings is 1. The lowest BCUT2D eigenvalue weighted by Crippen LogP contribution is -2.25. The quantitative estimate of drug-likeness (QED) is 0.916. The fourth-order valence-corrected chi connectivity index (χ4v) is 2.50. The maximum atomic E-state index is 12.7. The third kappa shape index (κ3) is 3.70. The predicted molar refractivity (Wildman–Crippen MR) is 64.9 cm³/mol. The lowest BCUT2D eigenvalue weighted by Gasteiger charge is -2.29. The first-order valence-corrected chi connectivity index (χ1v) is 6.40. The first-order valence-electron chi connectivity index (χ1n) is 6.40. The normalized spacial score (nSPS) is 24.4. The second-order valence-electron chi connectivity index (χ2n) is 4.85. The monoisotopic (exact) mass is 274 g/mol. The average Bonchev–Trinajstić information content (AvgIpc) is 2.39. The van der Waals surface area contributed by atoms with Gasteiger partial charge in [-0.2, -0.15) is 13.2 Å². The Labute approximate surface area is 110 Å². The number of aliphatic hydroxyl groups excluding tert-OH is 1. The van der Waals surface area contributed by atoms with Crippen molar-refractivity contribution in [1.82, 2.24) is 0 Å². The van der Waals surface area contributed by atoms with Gasteiger partial charge in [0.1, 0.15) is 0 Å². The summed E-state index contributed by atoms with van der Waals surface area (Å²) in [5.41, 5.74) is 0.108. The van der Waals surface area contributed by atoms with Crippen molar-refractivity contribution in [3.63, 3.8) is 0 Å². The Morgan fingerprint density at radius 1 is 1.32 bits per heavy atom. The molecule has 1 aromatic carbocycles. The van der Waals surface area contributed by atoms with Gasteiger partial charge in [-0.15, -0.1) is 0 Å². The lowest BCUT2D eigenvalue weighted by atomic mass is 9.87. The number of alkyl halides is 3. The molecule has 0 aliphatic carbocycles. The molecule has 106 valence electrons. The van der Waals surface area contributed by atoms with Crippen molar-refractivity contribution in [3.8, 4) is 0 Å². The zero-order valence-electron chi connectivity index (χ0n) is 10.5. The largest absolute Gasteiger partial charge is 0.416 e. The van der Waals surface area contributed by atoms with Gasteiger partial charge in [-0.1, -0.05) is 18.2 Å². The summed E-state index contributed by atoms with van der Waals surface area (Å²) < 4.78 is 43.5. The molecule has 2 rings (SSSR count). The zero-order chi connectivity index (χ0) is 13.9. The maximum Gasteiger partial charge on any atom is 0.416 e. The van der Waals surface area contributed by atoms with Gasteiger partial charge in [0.2, 0.25) is 0 Å². The van der Waals surface area contributed by atoms with Crippen LogP contribution < -0.4 is 0 Å². The van der Waals surface area contributed by atoms with Crippen LogP contribution in [0.4, 0.5) is 13.2 Å². The van der Waals surface area contributed by atoms with Crippen molar-refractivity contribution >= 4 is 0 Å². The van der Waals surface area contributed by atoms with Crippen LogP contribution in [0.2, 0.25) is 0 Å². The van der Waals surface area contributed by atoms with Crippen LogP contribution in [0.1, 0.15) is 36.3 Å². The van der Waals surface area contributed by atoms with Gasteiger partial charge in [0, 0.05) is 13.2 Å². The smallest absolute Gasteiger partial charge is 0.396 e. The summed E-state index contributed by atoms with van der Waals surface area (Å²) in [5, 5.41) is 8.90. The van der Waals surface area contributed by atoms with Crippen LogP contribution >= 0.6 is 0 Å². The Morgan fingerprint density at radius 2 is 2.11 bits per heavy atom. The number of ether oxygens (including phenoxy) is 1. The van der Waals surface area contributed by atoms with E-state index in [1.54, 1.807) is 6.07 Å². The topological polar surface area (TPSA) is 29.5 Å². The first kappa shape index (κ1) is 14.3. The van der Waals surface area contributed by atoms with Crippen molar-refractivity contribution in [2.45, 2.75) is 37.5 Å². The first-order chi connectivity index (χ1) is 9.00. The van der Waals surface area contributed by atoms with E-state index in [0.717, 1.165) is 12.5 Å². The van der Waals surface area contributed by atoms with Crippen LogP contribution in [0.25, 0.3) is 0 Å². The van der Waals surface area contributed by atoms with Crippen LogP contribution in [0.5, 0.6) is 0 Å². The van der Waals surface area contributed by atoms with Crippen molar-refractivity contribution in [2.24, 2.45) is 0 Å². The van der Waals surface area contributed by atoms with Gasteiger partial charge in [0.15, 0.2) is 0 Å². The number of aliphatic hydroxyl groups is 1. The summed E-state index contributed by atoms with van der Waals surface area (Å²) in [5.74, 6) is 0.0765. The average molecular weight is 274 g/mol. The highest BCUT2D eigenvalue weighted by Crippen LogP contribution is 2.35. The SMILES string of the molecule is OCCC1CC(c2cccc(C(F)(F)F)c2)CCO1. The molecule has 0 amide bonds. The third-order valence-corrected chi connectivity index (χ3v) is 3.50. The minimum atomic E-state index is -4.30. The Kier molecular flexibility index (Phi) is 4.47. The Bertz CT molecular complexity index is 415. The van der Waals surface area contributed by atoms with Crippen molar-refractivity contribution in [1.29, 1.82) is 0 Å². The van der Waals surface area contributed by atoms with E-state index in [4.69, 9.17) is 9.84 Å². The number of rotatable bonds is 3. The van der Waals surface area contributed by atoms with E-state index in [1.165, 1.54) is 12.1 Å². The minimum absolute atomic E-state index is 0.0416. The highest BCUT2D eigenvalue weighted by atomic mass is 19.4. The molecule has 0 bridgehead atoms. The molecule has 0 radical (unpaired) electrons. The van der Waals surface area contributed by atoms with Gasteiger partial charge in [-0.3, -0.25) is 0 Å². The van der Waals surface area contributed by atoms with E-state index in [1.807, 2.05) is 0 Å². The van der Waals surface area contributed by atoms with Crippen LogP contribution in [-0.2, 0) is 10.9 Å². The fourth-order valence-electron chi connectivity index (χ4n) is 2.50. The summed E-state index contributed by atoms with van der Waals surface area (Å²) in [7, 11) is 0. The molecule has 1 saturated heterocycles. The molecule has 1 aliphatic rings. The molecule has 1 heterocycles. The van der Waals surface area contributed by atoms with Gasteiger partial charge in [-0.25, -0.2) is 0 Å². The van der Waals surface area contributed by atoms with E-state index in [9.17, 15) is 13.2 Å². The van der Waals surface area contributed by atoms with Gasteiger partial charge in [-0.05, 0) is 36.8 Å². The number of halogens is 3. The van der Waals surface area contributed by atoms with E-state index >= 15 is 0 Å².